The van der Waals surface area contributed by atoms with Gasteiger partial charge in [0.05, 0.1) is 17.0 Å². The van der Waals surface area contributed by atoms with E-state index in [0.717, 1.165) is 27.4 Å². The van der Waals surface area contributed by atoms with Gasteiger partial charge in [-0.2, -0.15) is 0 Å². The minimum absolute atomic E-state index is 0.0874. The first-order chi connectivity index (χ1) is 12.5. The smallest absolute Gasteiger partial charge is 0.229 e. The van der Waals surface area contributed by atoms with Gasteiger partial charge in [-0.15, -0.1) is 10.2 Å². The Balaban J connectivity index is 1.39. The Morgan fingerprint density at radius 3 is 3.00 bits per heavy atom. The molecule has 2 aromatic heterocycles. The molecule has 0 bridgehead atoms. The Bertz CT molecular complexity index is 994. The fourth-order valence-electron chi connectivity index (χ4n) is 3.09. The fourth-order valence-corrected chi connectivity index (χ4v) is 3.81. The van der Waals surface area contributed by atoms with Crippen LogP contribution in [0, 0.1) is 19.8 Å². The van der Waals surface area contributed by atoms with Crippen LogP contribution in [-0.2, 0) is 16.1 Å². The van der Waals surface area contributed by atoms with Crippen molar-refractivity contribution in [1.82, 2.24) is 25.5 Å². The number of H-pyrrole nitrogens is 1. The number of benzene rings is 1. The van der Waals surface area contributed by atoms with Crippen LogP contribution < -0.4 is 10.2 Å². The molecule has 2 amide bonds. The van der Waals surface area contributed by atoms with Gasteiger partial charge in [-0.1, -0.05) is 17.4 Å². The van der Waals surface area contributed by atoms with Gasteiger partial charge in [-0.05, 0) is 31.5 Å². The highest BCUT2D eigenvalue weighted by Gasteiger charge is 2.36. The first-order valence-electron chi connectivity index (χ1n) is 8.33. The SMILES string of the molecule is Cc1nc2ccc(CNC(=O)C3CC(=O)N(c4nnc(C)s4)C3)cc2[nH]1. The Morgan fingerprint density at radius 1 is 1.38 bits per heavy atom. The van der Waals surface area contributed by atoms with Crippen molar-refractivity contribution in [1.29, 1.82) is 0 Å². The summed E-state index contributed by atoms with van der Waals surface area (Å²) in [6, 6.07) is 5.85. The molecule has 4 rings (SSSR count). The number of aromatic amines is 1. The molecule has 134 valence electrons. The first kappa shape index (κ1) is 16.6. The van der Waals surface area contributed by atoms with Crippen molar-refractivity contribution in [2.45, 2.75) is 26.8 Å². The number of anilines is 1. The van der Waals surface area contributed by atoms with Gasteiger partial charge in [-0.25, -0.2) is 4.98 Å². The number of aromatic nitrogens is 4. The highest BCUT2D eigenvalue weighted by molar-refractivity contribution is 7.15. The van der Waals surface area contributed by atoms with Crippen molar-refractivity contribution in [3.05, 3.63) is 34.6 Å². The third-order valence-electron chi connectivity index (χ3n) is 4.37. The summed E-state index contributed by atoms with van der Waals surface area (Å²) < 4.78 is 0. The molecule has 1 fully saturated rings. The summed E-state index contributed by atoms with van der Waals surface area (Å²) in [6.07, 6.45) is 0.198. The number of carbonyl (C=O) groups is 2. The van der Waals surface area contributed by atoms with Crippen molar-refractivity contribution in [2.75, 3.05) is 11.4 Å². The third-order valence-corrected chi connectivity index (χ3v) is 5.24. The minimum Gasteiger partial charge on any atom is -0.352 e. The zero-order valence-electron chi connectivity index (χ0n) is 14.4. The van der Waals surface area contributed by atoms with Crippen LogP contribution >= 0.6 is 11.3 Å². The van der Waals surface area contributed by atoms with Crippen LogP contribution in [0.3, 0.4) is 0 Å². The van der Waals surface area contributed by atoms with Gasteiger partial charge in [0.1, 0.15) is 10.8 Å². The molecule has 1 aliphatic rings. The number of rotatable bonds is 4. The van der Waals surface area contributed by atoms with Crippen molar-refractivity contribution < 1.29 is 9.59 Å². The van der Waals surface area contributed by atoms with Gasteiger partial charge >= 0.3 is 0 Å². The van der Waals surface area contributed by atoms with Gasteiger partial charge in [0.25, 0.3) is 0 Å². The number of nitrogens with zero attached hydrogens (tertiary/aromatic N) is 4. The third kappa shape index (κ3) is 3.17. The molecule has 3 heterocycles. The molecule has 2 N–H and O–H groups in total. The summed E-state index contributed by atoms with van der Waals surface area (Å²) in [6.45, 7) is 4.50. The van der Waals surface area contributed by atoms with Crippen molar-refractivity contribution in [2.24, 2.45) is 5.92 Å². The Labute approximate surface area is 153 Å². The maximum Gasteiger partial charge on any atom is 0.229 e. The van der Waals surface area contributed by atoms with E-state index in [4.69, 9.17) is 0 Å². The molecule has 0 saturated carbocycles. The van der Waals surface area contributed by atoms with Gasteiger partial charge in [0.2, 0.25) is 16.9 Å². The average Bonchev–Trinajstić information content (AvgIpc) is 3.29. The molecule has 0 spiro atoms. The lowest BCUT2D eigenvalue weighted by Gasteiger charge is -2.12. The normalized spacial score (nSPS) is 17.2. The predicted molar refractivity (Wildman–Crippen MR) is 97.8 cm³/mol. The van der Waals surface area contributed by atoms with Crippen LogP contribution in [-0.4, -0.2) is 38.5 Å². The van der Waals surface area contributed by atoms with Crippen LogP contribution in [0.5, 0.6) is 0 Å². The summed E-state index contributed by atoms with van der Waals surface area (Å²) in [5.74, 6) is 0.279. The van der Waals surface area contributed by atoms with E-state index in [1.165, 1.54) is 11.3 Å². The number of nitrogens with one attached hydrogen (secondary N) is 2. The van der Waals surface area contributed by atoms with Crippen LogP contribution in [0.15, 0.2) is 18.2 Å². The standard InChI is InChI=1S/C17H18N6O2S/c1-9-19-13-4-3-11(5-14(13)20-9)7-18-16(25)12-6-15(24)23(8-12)17-22-21-10(2)26-17/h3-5,12H,6-8H2,1-2H3,(H,18,25)(H,19,20). The lowest BCUT2D eigenvalue weighted by molar-refractivity contribution is -0.126. The number of hydrogen-bond donors (Lipinski definition) is 2. The van der Waals surface area contributed by atoms with Crippen LogP contribution in [0.1, 0.15) is 22.8 Å². The van der Waals surface area contributed by atoms with Gasteiger partial charge in [0.15, 0.2) is 0 Å². The number of imidazole rings is 1. The maximum atomic E-state index is 12.5. The van der Waals surface area contributed by atoms with E-state index in [1.54, 1.807) is 4.90 Å². The van der Waals surface area contributed by atoms with E-state index in [2.05, 4.69) is 25.5 Å². The Morgan fingerprint density at radius 2 is 2.23 bits per heavy atom. The van der Waals surface area contributed by atoms with Gasteiger partial charge < -0.3 is 10.3 Å². The quantitative estimate of drug-likeness (QED) is 0.727. The van der Waals surface area contributed by atoms with E-state index in [1.807, 2.05) is 32.0 Å². The summed E-state index contributed by atoms with van der Waals surface area (Å²) in [5.41, 5.74) is 2.83. The maximum absolute atomic E-state index is 12.5. The predicted octanol–water partition coefficient (Wildman–Crippen LogP) is 1.70. The molecule has 8 nitrogen and oxygen atoms in total. The average molecular weight is 370 g/mol. The summed E-state index contributed by atoms with van der Waals surface area (Å²) in [5, 5.41) is 12.2. The first-order valence-corrected chi connectivity index (χ1v) is 9.14. The number of aryl methyl sites for hydroxylation is 2. The lowest BCUT2D eigenvalue weighted by atomic mass is 10.1. The van der Waals surface area contributed by atoms with Crippen molar-refractivity contribution >= 4 is 39.3 Å². The molecule has 1 aromatic carbocycles. The summed E-state index contributed by atoms with van der Waals surface area (Å²) in [7, 11) is 0. The second kappa shape index (κ2) is 6.49. The lowest BCUT2D eigenvalue weighted by Crippen LogP contribution is -2.32. The van der Waals surface area contributed by atoms with Gasteiger partial charge in [0, 0.05) is 19.5 Å². The van der Waals surface area contributed by atoms with Crippen LogP contribution in [0.2, 0.25) is 0 Å². The van der Waals surface area contributed by atoms with E-state index in [-0.39, 0.29) is 24.2 Å². The Kier molecular flexibility index (Phi) is 4.15. The number of hydrogen-bond acceptors (Lipinski definition) is 6. The van der Waals surface area contributed by atoms with Crippen molar-refractivity contribution in [3.8, 4) is 0 Å². The number of fused-ring (bicyclic) bond motifs is 1. The monoisotopic (exact) mass is 370 g/mol. The molecule has 0 aliphatic carbocycles. The molecule has 3 aromatic rings. The van der Waals surface area contributed by atoms with Gasteiger partial charge in [-0.3, -0.25) is 14.5 Å². The molecule has 0 radical (unpaired) electrons. The number of carbonyl (C=O) groups excluding carboxylic acids is 2. The minimum atomic E-state index is -0.371. The molecule has 1 saturated heterocycles. The second-order valence-corrected chi connectivity index (χ2v) is 7.56. The van der Waals surface area contributed by atoms with Crippen molar-refractivity contribution in [3.63, 3.8) is 0 Å². The molecule has 1 unspecified atom stereocenters. The highest BCUT2D eigenvalue weighted by Crippen LogP contribution is 2.27. The summed E-state index contributed by atoms with van der Waals surface area (Å²) in [4.78, 5) is 33.8. The molecule has 1 atom stereocenters. The zero-order valence-corrected chi connectivity index (χ0v) is 15.3. The molecule has 1 aliphatic heterocycles. The molecular weight excluding hydrogens is 352 g/mol. The highest BCUT2D eigenvalue weighted by atomic mass is 32.1. The second-order valence-electron chi connectivity index (χ2n) is 6.40. The zero-order chi connectivity index (χ0) is 18.3. The topological polar surface area (TPSA) is 104 Å². The van der Waals surface area contributed by atoms with E-state index in [9.17, 15) is 9.59 Å². The van der Waals surface area contributed by atoms with Crippen LogP contribution in [0.25, 0.3) is 11.0 Å². The van der Waals surface area contributed by atoms with E-state index < -0.39 is 0 Å². The van der Waals surface area contributed by atoms with E-state index >= 15 is 0 Å². The molecule has 26 heavy (non-hydrogen) atoms. The number of amides is 2. The Hall–Kier alpha value is -2.81. The molecule has 9 heteroatoms. The fraction of sp³-hybridized carbons (Fsp3) is 0.353. The summed E-state index contributed by atoms with van der Waals surface area (Å²) >= 11 is 1.36. The largest absolute Gasteiger partial charge is 0.352 e. The van der Waals surface area contributed by atoms with Crippen LogP contribution in [0.4, 0.5) is 5.13 Å². The molecular formula is C17H18N6O2S. The van der Waals surface area contributed by atoms with E-state index in [0.29, 0.717) is 18.2 Å².